The Morgan fingerprint density at radius 1 is 0.856 bits per heavy atom. The van der Waals surface area contributed by atoms with Gasteiger partial charge in [-0.1, -0.05) is 120 Å². The first-order valence-electron chi connectivity index (χ1n) is 33.1. The number of alkyl carbamates (subject to hydrolysis) is 1. The van der Waals surface area contributed by atoms with Crippen LogP contribution in [-0.2, 0) is 33.7 Å². The Labute approximate surface area is 535 Å². The SMILES string of the molecule is COc1ccc(C(OC[C@H]2O[C@@H](n3cc(C=CC(=O)NCCNC(=O)O[C@H]4CC[C@@]5(C)C(=CCC6C5CC[C@@]5(C)C6CC[C@@H]5[C@H](C)CCCC(C)C)C4)c(=O)[nH]c3=O)C[C@H]2OP(OCCC#N)N(C(C)C)C(C)C)(c2ccccc2)c2ccc(OC)cc2)cc1. The molecule has 90 heavy (non-hydrogen) atoms. The fourth-order valence-corrected chi connectivity index (χ4v) is 17.9. The van der Waals surface area contributed by atoms with Gasteiger partial charge in [0.15, 0.2) is 0 Å². The van der Waals surface area contributed by atoms with Crippen LogP contribution in [0.15, 0.2) is 112 Å². The zero-order valence-electron chi connectivity index (χ0n) is 55.0. The maximum Gasteiger partial charge on any atom is 0.407 e. The van der Waals surface area contributed by atoms with E-state index in [2.05, 4.69) is 94.7 Å². The number of allylic oxidation sites excluding steroid dienone is 1. The number of nitriles is 1. The van der Waals surface area contributed by atoms with E-state index in [-0.39, 0.29) is 68.3 Å². The number of rotatable bonds is 28. The van der Waals surface area contributed by atoms with Crippen molar-refractivity contribution < 1.29 is 42.3 Å². The molecule has 4 aliphatic carbocycles. The summed E-state index contributed by atoms with van der Waals surface area (Å²) < 4.78 is 48.2. The first-order valence-corrected chi connectivity index (χ1v) is 34.2. The summed E-state index contributed by atoms with van der Waals surface area (Å²) in [4.78, 5) is 56.3. The number of aromatic amines is 1. The van der Waals surface area contributed by atoms with Gasteiger partial charge in [0.1, 0.15) is 35.5 Å². The van der Waals surface area contributed by atoms with Crippen molar-refractivity contribution >= 4 is 26.6 Å². The highest BCUT2D eigenvalue weighted by Gasteiger charge is 2.59. The molecular formula is C72H99N6O11P. The van der Waals surface area contributed by atoms with Gasteiger partial charge in [-0.05, 0) is 166 Å². The average Bonchev–Trinajstić information content (AvgIpc) is 1.34. The number of aromatic nitrogens is 2. The van der Waals surface area contributed by atoms with Crippen molar-refractivity contribution in [3.05, 3.63) is 146 Å². The normalized spacial score (nSPS) is 26.4. The molecule has 0 spiro atoms. The molecule has 3 saturated carbocycles. The summed E-state index contributed by atoms with van der Waals surface area (Å²) in [6.07, 6.45) is 16.6. The molecule has 488 valence electrons. The molecule has 2 heterocycles. The molecule has 1 aliphatic heterocycles. The van der Waals surface area contributed by atoms with Crippen molar-refractivity contribution in [2.24, 2.45) is 46.3 Å². The number of methoxy groups -OCH3 is 2. The minimum absolute atomic E-state index is 0.0120. The molecule has 18 heteroatoms. The van der Waals surface area contributed by atoms with Crippen molar-refractivity contribution in [3.63, 3.8) is 0 Å². The van der Waals surface area contributed by atoms with Crippen LogP contribution in [0.2, 0.25) is 0 Å². The minimum atomic E-state index is -1.80. The van der Waals surface area contributed by atoms with Crippen LogP contribution in [0.5, 0.6) is 11.5 Å². The Kier molecular flexibility index (Phi) is 23.2. The molecule has 12 atom stereocenters. The third kappa shape index (κ3) is 15.3. The van der Waals surface area contributed by atoms with Crippen molar-refractivity contribution in [2.75, 3.05) is 40.5 Å². The van der Waals surface area contributed by atoms with Crippen molar-refractivity contribution in [1.82, 2.24) is 24.9 Å². The van der Waals surface area contributed by atoms with Crippen LogP contribution in [0.1, 0.15) is 174 Å². The zero-order valence-corrected chi connectivity index (χ0v) is 55.9. The van der Waals surface area contributed by atoms with Gasteiger partial charge in [-0.25, -0.2) is 14.3 Å². The summed E-state index contributed by atoms with van der Waals surface area (Å²) >= 11 is 0. The lowest BCUT2D eigenvalue weighted by atomic mass is 9.47. The van der Waals surface area contributed by atoms with Crippen LogP contribution in [0.3, 0.4) is 0 Å². The second kappa shape index (κ2) is 30.5. The summed E-state index contributed by atoms with van der Waals surface area (Å²) in [7, 11) is 1.43. The molecule has 4 aromatic rings. The van der Waals surface area contributed by atoms with E-state index in [0.29, 0.717) is 22.8 Å². The lowest BCUT2D eigenvalue weighted by Crippen LogP contribution is -2.51. The second-order valence-electron chi connectivity index (χ2n) is 27.2. The quantitative estimate of drug-likeness (QED) is 0.0159. The summed E-state index contributed by atoms with van der Waals surface area (Å²) in [5.41, 5.74) is 1.84. The first-order chi connectivity index (χ1) is 43.2. The van der Waals surface area contributed by atoms with Crippen LogP contribution in [0.4, 0.5) is 4.79 Å². The maximum atomic E-state index is 13.9. The largest absolute Gasteiger partial charge is 0.497 e. The number of carbonyl (C=O) groups is 2. The highest BCUT2D eigenvalue weighted by atomic mass is 31.2. The molecule has 0 bridgehead atoms. The third-order valence-electron chi connectivity index (χ3n) is 20.7. The number of nitrogens with zero attached hydrogens (tertiary/aromatic N) is 3. The molecule has 1 aromatic heterocycles. The van der Waals surface area contributed by atoms with Crippen LogP contribution in [0.25, 0.3) is 6.08 Å². The van der Waals surface area contributed by atoms with Crippen molar-refractivity contribution in [1.29, 1.82) is 5.26 Å². The van der Waals surface area contributed by atoms with Gasteiger partial charge < -0.3 is 43.4 Å². The highest BCUT2D eigenvalue weighted by molar-refractivity contribution is 7.44. The third-order valence-corrected chi connectivity index (χ3v) is 22.8. The molecule has 1 saturated heterocycles. The van der Waals surface area contributed by atoms with Gasteiger partial charge >= 0.3 is 11.8 Å². The minimum Gasteiger partial charge on any atom is -0.497 e. The van der Waals surface area contributed by atoms with E-state index in [0.717, 1.165) is 72.0 Å². The number of hydrogen-bond acceptors (Lipinski definition) is 13. The predicted molar refractivity (Wildman–Crippen MR) is 352 cm³/mol. The van der Waals surface area contributed by atoms with Crippen LogP contribution < -0.4 is 31.4 Å². The second-order valence-corrected chi connectivity index (χ2v) is 28.6. The lowest BCUT2D eigenvalue weighted by molar-refractivity contribution is -0.116. The summed E-state index contributed by atoms with van der Waals surface area (Å²) in [5.74, 6) is 5.40. The number of hydrogen-bond donors (Lipinski definition) is 3. The predicted octanol–water partition coefficient (Wildman–Crippen LogP) is 13.8. The molecular weight excluding hydrogens is 1160 g/mol. The van der Waals surface area contributed by atoms with E-state index in [1.54, 1.807) is 14.2 Å². The Balaban J connectivity index is 0.851. The summed E-state index contributed by atoms with van der Waals surface area (Å²) in [6, 6.07) is 27.4. The van der Waals surface area contributed by atoms with Crippen LogP contribution >= 0.6 is 8.53 Å². The fraction of sp³-hybridized carbons (Fsp3) is 0.597. The van der Waals surface area contributed by atoms with E-state index in [4.69, 9.17) is 32.7 Å². The van der Waals surface area contributed by atoms with Crippen molar-refractivity contribution in [3.8, 4) is 17.6 Å². The number of carbonyl (C=O) groups excluding carboxylic acids is 2. The van der Waals surface area contributed by atoms with Gasteiger partial charge in [0, 0.05) is 50.3 Å². The summed E-state index contributed by atoms with van der Waals surface area (Å²) in [5, 5.41) is 15.1. The van der Waals surface area contributed by atoms with Gasteiger partial charge in [0.05, 0.1) is 51.6 Å². The molecule has 4 fully saturated rings. The topological polar surface area (TPSA) is 205 Å². The van der Waals surface area contributed by atoms with E-state index in [1.165, 1.54) is 73.4 Å². The molecule has 2 amide bonds. The van der Waals surface area contributed by atoms with Gasteiger partial charge in [-0.3, -0.25) is 19.1 Å². The monoisotopic (exact) mass is 1250 g/mol. The van der Waals surface area contributed by atoms with E-state index >= 15 is 0 Å². The number of H-pyrrole nitrogens is 1. The van der Waals surface area contributed by atoms with Crippen LogP contribution in [-0.4, -0.2) is 97.1 Å². The number of nitrogens with one attached hydrogen (secondary N) is 3. The molecule has 5 aliphatic rings. The zero-order chi connectivity index (χ0) is 64.3. The molecule has 17 nitrogen and oxygen atoms in total. The number of ether oxygens (including phenoxy) is 5. The van der Waals surface area contributed by atoms with E-state index in [9.17, 15) is 24.4 Å². The average molecular weight is 1260 g/mol. The molecule has 0 radical (unpaired) electrons. The smallest absolute Gasteiger partial charge is 0.407 e. The molecule has 4 unspecified atom stereocenters. The molecule has 3 aromatic carbocycles. The van der Waals surface area contributed by atoms with Gasteiger partial charge in [-0.15, -0.1) is 0 Å². The Morgan fingerprint density at radius 2 is 1.52 bits per heavy atom. The molecule has 3 N–H and O–H groups in total. The van der Waals surface area contributed by atoms with Gasteiger partial charge in [0.25, 0.3) is 14.1 Å². The molecule has 9 rings (SSSR count). The van der Waals surface area contributed by atoms with Gasteiger partial charge in [-0.2, -0.15) is 5.26 Å². The standard InChI is InChI=1S/C72H99N6O11P/c1-47(2)17-15-18-50(7)60-32-33-61-59-31-26-55-43-58(35-37-70(55,8)62(59)36-38-71(60,61)9)87-69(82)75-41-40-74-65(79)34-21-51-45-77(68(81)76-67(51)80)66-44-63(89-90(86-42-16-39-73)78(48(3)4)49(5)6)64(88-66)46-85-72(52-19-13-12-14-20-52,53-22-27-56(83-10)28-23-53)54-24-29-57(84-11)30-25-54/h12-14,19-30,34,45,47-50,58-64,66H,15-18,31-33,35-38,40-44,46H2,1-11H3,(H,74,79)(H,75,82)(H,76,80,81)/t50-,58+,59?,60-,61?,62?,63-,64-,66-,70+,71-,90?/m1/s1. The lowest BCUT2D eigenvalue weighted by Gasteiger charge is -2.58. The van der Waals surface area contributed by atoms with Gasteiger partial charge in [0.2, 0.25) is 5.91 Å². The Bertz CT molecular complexity index is 3200. The number of fused-ring (bicyclic) bond motifs is 5. The van der Waals surface area contributed by atoms with E-state index < -0.39 is 55.8 Å². The number of benzene rings is 3. The Hall–Kier alpha value is -6.12. The fourth-order valence-electron chi connectivity index (χ4n) is 16.2. The first kappa shape index (κ1) is 68.3. The maximum absolute atomic E-state index is 13.9. The summed E-state index contributed by atoms with van der Waals surface area (Å²) in [6.45, 7) is 20.9. The van der Waals surface area contributed by atoms with Crippen molar-refractivity contribution in [2.45, 2.75) is 188 Å². The van der Waals surface area contributed by atoms with E-state index in [1.807, 2.05) is 78.9 Å². The Morgan fingerprint density at radius 3 is 2.17 bits per heavy atom. The highest BCUT2D eigenvalue weighted by Crippen LogP contribution is 2.67. The van der Waals surface area contributed by atoms with Crippen LogP contribution in [0, 0.1) is 57.7 Å². The number of amides is 2.